The molecule has 4 aromatic rings. The number of anilines is 2. The quantitative estimate of drug-likeness (QED) is 0.192. The first-order valence-corrected chi connectivity index (χ1v) is 11.6. The van der Waals surface area contributed by atoms with Crippen molar-refractivity contribution in [3.8, 4) is 5.75 Å². The summed E-state index contributed by atoms with van der Waals surface area (Å²) < 4.78 is 12.8. The Hall–Kier alpha value is -4.37. The van der Waals surface area contributed by atoms with Crippen molar-refractivity contribution in [3.05, 3.63) is 89.3 Å². The van der Waals surface area contributed by atoms with Gasteiger partial charge in [0, 0.05) is 17.0 Å². The molecule has 4 rings (SSSR count). The third kappa shape index (κ3) is 5.96. The minimum absolute atomic E-state index is 0.00342. The molecule has 1 unspecified atom stereocenters. The van der Waals surface area contributed by atoms with Gasteiger partial charge in [0.1, 0.15) is 18.2 Å². The maximum Gasteiger partial charge on any atom is 0.411 e. The van der Waals surface area contributed by atoms with Crippen molar-refractivity contribution in [2.24, 2.45) is 5.73 Å². The van der Waals surface area contributed by atoms with E-state index in [4.69, 9.17) is 20.6 Å². The van der Waals surface area contributed by atoms with Crippen LogP contribution in [0.2, 0.25) is 0 Å². The fourth-order valence-corrected chi connectivity index (χ4v) is 4.42. The standard InChI is InChI=1S/C26H24N4O4S/c1-16(31)29-19-10-5-6-11-20(19)30-26(32)33-15-22(17-8-3-2-4-9-17)34-21-12-7-13-23-18(21)14-24(35-23)25(27)28/h2-14,22H,15H2,1H3,(H3,27,28)(H,29,31)(H,30,32). The van der Waals surface area contributed by atoms with Gasteiger partial charge in [-0.3, -0.25) is 15.5 Å². The number of carbonyl (C=O) groups excluding carboxylic acids is 2. The summed E-state index contributed by atoms with van der Waals surface area (Å²) in [4.78, 5) is 24.7. The van der Waals surface area contributed by atoms with Crippen LogP contribution in [0.5, 0.6) is 5.75 Å². The van der Waals surface area contributed by atoms with E-state index in [1.807, 2.05) is 54.6 Å². The van der Waals surface area contributed by atoms with Crippen LogP contribution in [0.1, 0.15) is 23.5 Å². The molecule has 178 valence electrons. The molecule has 8 nitrogen and oxygen atoms in total. The predicted octanol–water partition coefficient (Wildman–Crippen LogP) is 5.51. The van der Waals surface area contributed by atoms with Crippen molar-refractivity contribution in [3.63, 3.8) is 0 Å². The second-order valence-corrected chi connectivity index (χ2v) is 8.74. The molecule has 0 radical (unpaired) electrons. The number of nitrogens with one attached hydrogen (secondary N) is 3. The summed E-state index contributed by atoms with van der Waals surface area (Å²) in [6, 6.07) is 23.8. The second kappa shape index (κ2) is 10.7. The Labute approximate surface area is 206 Å². The summed E-state index contributed by atoms with van der Waals surface area (Å²) in [7, 11) is 0. The lowest BCUT2D eigenvalue weighted by Crippen LogP contribution is -2.22. The zero-order valence-corrected chi connectivity index (χ0v) is 19.7. The van der Waals surface area contributed by atoms with E-state index in [2.05, 4.69) is 10.6 Å². The van der Waals surface area contributed by atoms with Gasteiger partial charge in [0.2, 0.25) is 5.91 Å². The van der Waals surface area contributed by atoms with Crippen LogP contribution in [0.3, 0.4) is 0 Å². The average Bonchev–Trinajstić information content (AvgIpc) is 3.29. The van der Waals surface area contributed by atoms with Crippen LogP contribution in [0.25, 0.3) is 10.1 Å². The molecule has 0 saturated heterocycles. The van der Waals surface area contributed by atoms with Crippen LogP contribution >= 0.6 is 11.3 Å². The lowest BCUT2D eigenvalue weighted by molar-refractivity contribution is -0.114. The Kier molecular flexibility index (Phi) is 7.27. The number of ether oxygens (including phenoxy) is 2. The van der Waals surface area contributed by atoms with Crippen molar-refractivity contribution in [1.29, 1.82) is 5.41 Å². The van der Waals surface area contributed by atoms with E-state index in [-0.39, 0.29) is 18.3 Å². The molecule has 2 amide bonds. The molecule has 35 heavy (non-hydrogen) atoms. The maximum absolute atomic E-state index is 12.6. The zero-order valence-electron chi connectivity index (χ0n) is 18.9. The van der Waals surface area contributed by atoms with Gasteiger partial charge in [-0.2, -0.15) is 0 Å². The molecule has 0 aliphatic heterocycles. The maximum atomic E-state index is 12.6. The van der Waals surface area contributed by atoms with E-state index in [0.29, 0.717) is 22.0 Å². The third-order valence-electron chi connectivity index (χ3n) is 5.07. The molecule has 0 saturated carbocycles. The Morgan fingerprint density at radius 2 is 1.66 bits per heavy atom. The van der Waals surface area contributed by atoms with Gasteiger partial charge in [-0.1, -0.05) is 48.5 Å². The first-order valence-electron chi connectivity index (χ1n) is 10.8. The first kappa shape index (κ1) is 23.8. The van der Waals surface area contributed by atoms with Crippen molar-refractivity contribution in [2.45, 2.75) is 13.0 Å². The fraction of sp³-hybridized carbons (Fsp3) is 0.115. The molecule has 5 N–H and O–H groups in total. The summed E-state index contributed by atoms with van der Waals surface area (Å²) in [5.74, 6) is 0.345. The van der Waals surface area contributed by atoms with Crippen LogP contribution in [0, 0.1) is 5.41 Å². The predicted molar refractivity (Wildman–Crippen MR) is 138 cm³/mol. The molecular formula is C26H24N4O4S. The number of carbonyl (C=O) groups is 2. The van der Waals surface area contributed by atoms with E-state index in [0.717, 1.165) is 15.6 Å². The Morgan fingerprint density at radius 3 is 2.34 bits per heavy atom. The number of thiophene rings is 1. The van der Waals surface area contributed by atoms with Gasteiger partial charge in [0.25, 0.3) is 0 Å². The van der Waals surface area contributed by atoms with E-state index in [9.17, 15) is 9.59 Å². The van der Waals surface area contributed by atoms with Crippen LogP contribution < -0.4 is 21.1 Å². The van der Waals surface area contributed by atoms with Gasteiger partial charge in [-0.05, 0) is 35.9 Å². The lowest BCUT2D eigenvalue weighted by atomic mass is 10.1. The molecule has 1 atom stereocenters. The molecule has 0 spiro atoms. The monoisotopic (exact) mass is 488 g/mol. The number of hydrogen-bond acceptors (Lipinski definition) is 6. The van der Waals surface area contributed by atoms with Gasteiger partial charge in [0.15, 0.2) is 6.10 Å². The number of hydrogen-bond donors (Lipinski definition) is 4. The number of para-hydroxylation sites is 2. The largest absolute Gasteiger partial charge is 0.481 e. The zero-order chi connectivity index (χ0) is 24.8. The Bertz CT molecular complexity index is 1370. The number of nitrogens with two attached hydrogens (primary N) is 1. The summed E-state index contributed by atoms with van der Waals surface area (Å²) in [5, 5.41) is 13.9. The number of benzene rings is 3. The highest BCUT2D eigenvalue weighted by atomic mass is 32.1. The topological polar surface area (TPSA) is 127 Å². The first-order chi connectivity index (χ1) is 16.9. The third-order valence-corrected chi connectivity index (χ3v) is 6.20. The van der Waals surface area contributed by atoms with E-state index >= 15 is 0 Å². The lowest BCUT2D eigenvalue weighted by Gasteiger charge is -2.20. The van der Waals surface area contributed by atoms with Gasteiger partial charge < -0.3 is 20.5 Å². The van der Waals surface area contributed by atoms with E-state index in [1.54, 1.807) is 24.3 Å². The summed E-state index contributed by atoms with van der Waals surface area (Å²) in [6.45, 7) is 1.34. The Morgan fingerprint density at radius 1 is 0.971 bits per heavy atom. The highest BCUT2D eigenvalue weighted by Gasteiger charge is 2.19. The van der Waals surface area contributed by atoms with Gasteiger partial charge >= 0.3 is 6.09 Å². The highest BCUT2D eigenvalue weighted by molar-refractivity contribution is 7.20. The molecule has 0 bridgehead atoms. The Balaban J connectivity index is 1.52. The van der Waals surface area contributed by atoms with Gasteiger partial charge in [0.05, 0.1) is 16.3 Å². The van der Waals surface area contributed by atoms with Gasteiger partial charge in [-0.25, -0.2) is 4.79 Å². The van der Waals surface area contributed by atoms with Crippen LogP contribution in [0.4, 0.5) is 16.2 Å². The van der Waals surface area contributed by atoms with Gasteiger partial charge in [-0.15, -0.1) is 11.3 Å². The number of amidine groups is 1. The van der Waals surface area contributed by atoms with Crippen LogP contribution in [-0.4, -0.2) is 24.4 Å². The second-order valence-electron chi connectivity index (χ2n) is 7.66. The minimum atomic E-state index is -0.681. The van der Waals surface area contributed by atoms with E-state index < -0.39 is 12.2 Å². The number of rotatable bonds is 8. The SMILES string of the molecule is CC(=O)Nc1ccccc1NC(=O)OCC(Oc1cccc2sc(C(=N)N)cc12)c1ccccc1. The molecule has 1 heterocycles. The summed E-state index contributed by atoms with van der Waals surface area (Å²) >= 11 is 1.41. The molecular weight excluding hydrogens is 464 g/mol. The normalized spacial score (nSPS) is 11.5. The molecule has 0 aliphatic carbocycles. The summed E-state index contributed by atoms with van der Waals surface area (Å²) in [5.41, 5.74) is 7.39. The van der Waals surface area contributed by atoms with Crippen LogP contribution in [-0.2, 0) is 9.53 Å². The molecule has 0 fully saturated rings. The molecule has 3 aromatic carbocycles. The van der Waals surface area contributed by atoms with Crippen LogP contribution in [0.15, 0.2) is 78.9 Å². The number of amides is 2. The fourth-order valence-electron chi connectivity index (χ4n) is 3.48. The molecule has 1 aromatic heterocycles. The number of nitrogen functional groups attached to an aromatic ring is 1. The summed E-state index contributed by atoms with van der Waals surface area (Å²) in [6.07, 6.45) is -1.27. The molecule has 9 heteroatoms. The molecule has 0 aliphatic rings. The highest BCUT2D eigenvalue weighted by Crippen LogP contribution is 2.35. The number of fused-ring (bicyclic) bond motifs is 1. The average molecular weight is 489 g/mol. The van der Waals surface area contributed by atoms with Crippen molar-refractivity contribution >= 4 is 50.6 Å². The smallest absolute Gasteiger partial charge is 0.411 e. The van der Waals surface area contributed by atoms with Crippen molar-refractivity contribution in [2.75, 3.05) is 17.2 Å². The van der Waals surface area contributed by atoms with Crippen molar-refractivity contribution in [1.82, 2.24) is 0 Å². The van der Waals surface area contributed by atoms with E-state index in [1.165, 1.54) is 18.3 Å². The minimum Gasteiger partial charge on any atom is -0.481 e. The van der Waals surface area contributed by atoms with Crippen molar-refractivity contribution < 1.29 is 19.1 Å².